The molecule has 0 saturated heterocycles. The van der Waals surface area contributed by atoms with Crippen LogP contribution in [-0.4, -0.2) is 35.9 Å². The number of carbonyl (C=O) groups is 1. The molecule has 1 atom stereocenters. The Bertz CT molecular complexity index is 1230. The SMILES string of the molecule is Cc1ccc2nc(NC(=O)O)c(O[C@@H](C)c3nc(Br)ccc3-n3cccn3)cc2n1. The number of carboxylic acid groups (broad SMARTS) is 1. The largest absolute Gasteiger partial charge is 0.480 e. The summed E-state index contributed by atoms with van der Waals surface area (Å²) in [4.78, 5) is 24.6. The fourth-order valence-corrected chi connectivity index (χ4v) is 3.34. The minimum absolute atomic E-state index is 0.0862. The molecule has 30 heavy (non-hydrogen) atoms. The van der Waals surface area contributed by atoms with E-state index < -0.39 is 12.2 Å². The predicted octanol–water partition coefficient (Wildman–Crippen LogP) is 4.51. The summed E-state index contributed by atoms with van der Waals surface area (Å²) in [6.07, 6.45) is 1.70. The summed E-state index contributed by atoms with van der Waals surface area (Å²) in [7, 11) is 0. The van der Waals surface area contributed by atoms with E-state index in [1.54, 1.807) is 23.0 Å². The van der Waals surface area contributed by atoms with Gasteiger partial charge >= 0.3 is 6.09 Å². The number of hydrogen-bond acceptors (Lipinski definition) is 6. The highest BCUT2D eigenvalue weighted by atomic mass is 79.9. The predicted molar refractivity (Wildman–Crippen MR) is 114 cm³/mol. The maximum absolute atomic E-state index is 11.3. The average molecular weight is 469 g/mol. The Hall–Kier alpha value is -3.53. The molecule has 0 bridgehead atoms. The van der Waals surface area contributed by atoms with Crippen LogP contribution in [0.4, 0.5) is 10.6 Å². The number of anilines is 1. The molecule has 4 rings (SSSR count). The molecule has 2 N–H and O–H groups in total. The molecule has 152 valence electrons. The van der Waals surface area contributed by atoms with E-state index in [1.807, 2.05) is 44.3 Å². The highest BCUT2D eigenvalue weighted by Crippen LogP contribution is 2.32. The summed E-state index contributed by atoms with van der Waals surface area (Å²) in [5, 5.41) is 15.8. The monoisotopic (exact) mass is 468 g/mol. The van der Waals surface area contributed by atoms with Crippen LogP contribution < -0.4 is 10.1 Å². The molecule has 0 aliphatic heterocycles. The zero-order chi connectivity index (χ0) is 21.3. The van der Waals surface area contributed by atoms with Crippen LogP contribution in [0, 0.1) is 6.92 Å². The molecule has 4 heterocycles. The maximum atomic E-state index is 11.3. The van der Waals surface area contributed by atoms with Gasteiger partial charge in [0, 0.05) is 24.2 Å². The number of pyridine rings is 3. The third-order valence-electron chi connectivity index (χ3n) is 4.31. The van der Waals surface area contributed by atoms with E-state index in [1.165, 1.54) is 0 Å². The van der Waals surface area contributed by atoms with E-state index in [0.717, 1.165) is 11.4 Å². The number of nitrogens with zero attached hydrogens (tertiary/aromatic N) is 5. The number of amides is 1. The summed E-state index contributed by atoms with van der Waals surface area (Å²) in [6, 6.07) is 10.8. The average Bonchev–Trinajstić information content (AvgIpc) is 3.22. The quantitative estimate of drug-likeness (QED) is 0.413. The normalized spacial score (nSPS) is 12.0. The van der Waals surface area contributed by atoms with Crippen LogP contribution in [0.15, 0.2) is 53.4 Å². The number of fused-ring (bicyclic) bond motifs is 1. The molecule has 10 heteroatoms. The smallest absolute Gasteiger partial charge is 0.410 e. The molecular weight excluding hydrogens is 452 g/mol. The van der Waals surface area contributed by atoms with Crippen LogP contribution in [0.3, 0.4) is 0 Å². The maximum Gasteiger partial charge on any atom is 0.410 e. The van der Waals surface area contributed by atoms with Gasteiger partial charge in [-0.1, -0.05) is 0 Å². The molecule has 0 fully saturated rings. The van der Waals surface area contributed by atoms with Crippen molar-refractivity contribution in [3.05, 3.63) is 64.8 Å². The Balaban J connectivity index is 1.77. The third-order valence-corrected chi connectivity index (χ3v) is 4.75. The third kappa shape index (κ3) is 4.08. The van der Waals surface area contributed by atoms with Crippen LogP contribution in [0.1, 0.15) is 24.4 Å². The first kappa shape index (κ1) is 19.8. The Morgan fingerprint density at radius 1 is 1.20 bits per heavy atom. The van der Waals surface area contributed by atoms with Gasteiger partial charge in [-0.15, -0.1) is 0 Å². The zero-order valence-corrected chi connectivity index (χ0v) is 17.7. The Labute approximate surface area is 179 Å². The zero-order valence-electron chi connectivity index (χ0n) is 16.1. The van der Waals surface area contributed by atoms with Crippen molar-refractivity contribution < 1.29 is 14.6 Å². The van der Waals surface area contributed by atoms with Crippen LogP contribution in [-0.2, 0) is 0 Å². The molecule has 0 aliphatic rings. The summed E-state index contributed by atoms with van der Waals surface area (Å²) in [6.45, 7) is 3.69. The molecule has 0 spiro atoms. The highest BCUT2D eigenvalue weighted by molar-refractivity contribution is 9.10. The van der Waals surface area contributed by atoms with Crippen molar-refractivity contribution >= 4 is 38.9 Å². The molecule has 1 amide bonds. The summed E-state index contributed by atoms with van der Waals surface area (Å²) in [5.41, 5.74) is 3.33. The second-order valence-corrected chi connectivity index (χ2v) is 7.32. The van der Waals surface area contributed by atoms with E-state index in [-0.39, 0.29) is 11.6 Å². The first-order valence-corrected chi connectivity index (χ1v) is 9.81. The van der Waals surface area contributed by atoms with Crippen molar-refractivity contribution in [2.75, 3.05) is 5.32 Å². The second-order valence-electron chi connectivity index (χ2n) is 6.51. The minimum Gasteiger partial charge on any atom is -0.480 e. The van der Waals surface area contributed by atoms with Gasteiger partial charge in [0.2, 0.25) is 0 Å². The van der Waals surface area contributed by atoms with E-state index in [0.29, 0.717) is 21.3 Å². The van der Waals surface area contributed by atoms with Crippen molar-refractivity contribution in [2.24, 2.45) is 0 Å². The lowest BCUT2D eigenvalue weighted by Gasteiger charge is -2.19. The lowest BCUT2D eigenvalue weighted by Crippen LogP contribution is -2.14. The van der Waals surface area contributed by atoms with Gasteiger partial charge in [0.1, 0.15) is 16.4 Å². The van der Waals surface area contributed by atoms with Gasteiger partial charge in [-0.25, -0.2) is 19.4 Å². The fraction of sp³-hybridized carbons (Fsp3) is 0.150. The van der Waals surface area contributed by atoms with Gasteiger partial charge in [0.15, 0.2) is 11.6 Å². The number of hydrogen-bond donors (Lipinski definition) is 2. The van der Waals surface area contributed by atoms with Gasteiger partial charge in [-0.3, -0.25) is 10.3 Å². The number of halogens is 1. The number of aromatic nitrogens is 5. The van der Waals surface area contributed by atoms with E-state index in [4.69, 9.17) is 4.74 Å². The molecule has 9 nitrogen and oxygen atoms in total. The minimum atomic E-state index is -1.24. The van der Waals surface area contributed by atoms with Gasteiger partial charge in [-0.05, 0) is 60.1 Å². The molecule has 0 radical (unpaired) electrons. The van der Waals surface area contributed by atoms with Gasteiger partial charge in [-0.2, -0.15) is 5.10 Å². The fourth-order valence-electron chi connectivity index (χ4n) is 3.01. The van der Waals surface area contributed by atoms with Crippen molar-refractivity contribution in [3.8, 4) is 11.4 Å². The molecule has 4 aromatic heterocycles. The summed E-state index contributed by atoms with van der Waals surface area (Å²) < 4.78 is 8.45. The van der Waals surface area contributed by atoms with Gasteiger partial charge < -0.3 is 9.84 Å². The van der Waals surface area contributed by atoms with E-state index >= 15 is 0 Å². The number of rotatable bonds is 5. The molecule has 4 aromatic rings. The Morgan fingerprint density at radius 3 is 2.77 bits per heavy atom. The first-order chi connectivity index (χ1) is 14.4. The van der Waals surface area contributed by atoms with Crippen molar-refractivity contribution in [2.45, 2.75) is 20.0 Å². The van der Waals surface area contributed by atoms with Crippen molar-refractivity contribution in [1.29, 1.82) is 0 Å². The molecule has 0 aromatic carbocycles. The topological polar surface area (TPSA) is 115 Å². The Kier molecular flexibility index (Phi) is 5.32. The van der Waals surface area contributed by atoms with E-state index in [2.05, 4.69) is 41.3 Å². The van der Waals surface area contributed by atoms with Crippen LogP contribution in [0.2, 0.25) is 0 Å². The lowest BCUT2D eigenvalue weighted by molar-refractivity contribution is 0.207. The van der Waals surface area contributed by atoms with E-state index in [9.17, 15) is 9.90 Å². The molecule has 0 saturated carbocycles. The Morgan fingerprint density at radius 2 is 2.03 bits per heavy atom. The number of nitrogens with one attached hydrogen (secondary N) is 1. The van der Waals surface area contributed by atoms with Crippen LogP contribution >= 0.6 is 15.9 Å². The summed E-state index contributed by atoms with van der Waals surface area (Å²) in [5.74, 6) is 0.340. The standard InChI is InChI=1S/C20H17BrN6O3/c1-11-4-5-13-14(23-11)10-16(19(24-13)26-20(28)29)30-12(2)18-15(6-7-17(21)25-18)27-9-3-8-22-27/h3-10,12H,1-2H3,(H,24,26)(H,28,29)/t12-/m0/s1. The molecular formula is C20H17BrN6O3. The first-order valence-electron chi connectivity index (χ1n) is 9.02. The number of aryl methyl sites for hydroxylation is 1. The highest BCUT2D eigenvalue weighted by Gasteiger charge is 2.20. The van der Waals surface area contributed by atoms with Crippen molar-refractivity contribution in [3.63, 3.8) is 0 Å². The van der Waals surface area contributed by atoms with Crippen LogP contribution in [0.25, 0.3) is 16.7 Å². The lowest BCUT2D eigenvalue weighted by atomic mass is 10.2. The van der Waals surface area contributed by atoms with Gasteiger partial charge in [0.05, 0.1) is 16.7 Å². The van der Waals surface area contributed by atoms with Crippen molar-refractivity contribution in [1.82, 2.24) is 24.7 Å². The second kappa shape index (κ2) is 8.07. The molecule has 0 aliphatic carbocycles. The summed E-state index contributed by atoms with van der Waals surface area (Å²) >= 11 is 3.39. The van der Waals surface area contributed by atoms with Gasteiger partial charge in [0.25, 0.3) is 0 Å². The molecule has 0 unspecified atom stereocenters. The van der Waals surface area contributed by atoms with Crippen LogP contribution in [0.5, 0.6) is 5.75 Å². The number of ether oxygens (including phenoxy) is 1.